The average molecular weight is 572 g/mol. The number of aryl methyl sites for hydroxylation is 2. The first-order valence-electron chi connectivity index (χ1n) is 13.5. The topological polar surface area (TPSA) is 0 Å². The van der Waals surface area contributed by atoms with E-state index in [1.165, 1.54) is 82.4 Å². The van der Waals surface area contributed by atoms with Gasteiger partial charge in [0, 0.05) is 0 Å². The molecule has 0 atom stereocenters. The molecule has 0 saturated heterocycles. The predicted octanol–water partition coefficient (Wildman–Crippen LogP) is 9.72. The summed E-state index contributed by atoms with van der Waals surface area (Å²) in [5.74, 6) is 0. The van der Waals surface area contributed by atoms with E-state index in [1.54, 1.807) is 0 Å². The third kappa shape index (κ3) is 7.09. The molecule has 1 aliphatic carbocycles. The summed E-state index contributed by atoms with van der Waals surface area (Å²) >= 11 is 1.46. The Morgan fingerprint density at radius 1 is 0.711 bits per heavy atom. The third-order valence-corrected chi connectivity index (χ3v) is 8.55. The summed E-state index contributed by atoms with van der Waals surface area (Å²) in [6.07, 6.45) is 8.44. The van der Waals surface area contributed by atoms with Crippen molar-refractivity contribution in [2.45, 2.75) is 47.0 Å². The second-order valence-electron chi connectivity index (χ2n) is 9.79. The van der Waals surface area contributed by atoms with E-state index in [0.717, 1.165) is 19.3 Å². The Morgan fingerprint density at radius 3 is 1.53 bits per heavy atom. The van der Waals surface area contributed by atoms with Crippen molar-refractivity contribution in [1.29, 1.82) is 0 Å². The Labute approximate surface area is 243 Å². The van der Waals surface area contributed by atoms with E-state index >= 15 is 0 Å². The summed E-state index contributed by atoms with van der Waals surface area (Å²) in [5.41, 5.74) is 8.35. The SMILES string of the molecule is CC1=C(C)C[C-]=C1.CCc1ccc2c(c1)[cH-]c1cc(CC)ccc12.[Zr+2]=[C](c1ccccc1)c1ccccc1. The van der Waals surface area contributed by atoms with Crippen LogP contribution in [0.1, 0.15) is 56.4 Å². The molecule has 6 rings (SSSR count). The van der Waals surface area contributed by atoms with Crippen LogP contribution in [0.15, 0.2) is 120 Å². The molecule has 5 aromatic rings. The second kappa shape index (κ2) is 13.7. The van der Waals surface area contributed by atoms with Crippen molar-refractivity contribution >= 4 is 24.8 Å². The number of allylic oxidation sites excluding steroid dienone is 4. The molecule has 0 heterocycles. The van der Waals surface area contributed by atoms with E-state index in [2.05, 4.69) is 143 Å². The Morgan fingerprint density at radius 2 is 1.18 bits per heavy atom. The fraction of sp³-hybridized carbons (Fsp3) is 0.189. The monoisotopic (exact) mass is 570 g/mol. The van der Waals surface area contributed by atoms with Gasteiger partial charge in [0.1, 0.15) is 0 Å². The molecule has 38 heavy (non-hydrogen) atoms. The fourth-order valence-electron chi connectivity index (χ4n) is 4.56. The fourth-order valence-corrected chi connectivity index (χ4v) is 5.38. The van der Waals surface area contributed by atoms with Crippen molar-refractivity contribution in [3.8, 4) is 0 Å². The van der Waals surface area contributed by atoms with E-state index in [9.17, 15) is 0 Å². The molecule has 0 unspecified atom stereocenters. The maximum atomic E-state index is 3.12. The Kier molecular flexibility index (Phi) is 10.1. The normalized spacial score (nSPS) is 12.3. The second-order valence-corrected chi connectivity index (χ2v) is 11.0. The molecular weight excluding hydrogens is 536 g/mol. The molecule has 0 spiro atoms. The molecule has 0 fully saturated rings. The van der Waals surface area contributed by atoms with Gasteiger partial charge in [-0.15, -0.1) is 53.1 Å². The van der Waals surface area contributed by atoms with Crippen molar-refractivity contribution in [3.05, 3.63) is 149 Å². The molecule has 0 nitrogen and oxygen atoms in total. The van der Waals surface area contributed by atoms with Crippen molar-refractivity contribution in [2.75, 3.05) is 0 Å². The van der Waals surface area contributed by atoms with Crippen LogP contribution in [0.25, 0.3) is 21.5 Å². The van der Waals surface area contributed by atoms with Gasteiger partial charge in [0.25, 0.3) is 0 Å². The number of hydrogen-bond donors (Lipinski definition) is 0. The molecule has 1 aliphatic rings. The maximum absolute atomic E-state index is 3.12. The van der Waals surface area contributed by atoms with E-state index in [1.807, 2.05) is 0 Å². The molecule has 188 valence electrons. The molecule has 0 aromatic heterocycles. The summed E-state index contributed by atoms with van der Waals surface area (Å²) in [6, 6.07) is 37.1. The Bertz CT molecular complexity index is 1460. The van der Waals surface area contributed by atoms with Crippen molar-refractivity contribution < 1.29 is 24.2 Å². The van der Waals surface area contributed by atoms with Gasteiger partial charge in [-0.1, -0.05) is 56.2 Å². The zero-order valence-corrected chi connectivity index (χ0v) is 25.5. The van der Waals surface area contributed by atoms with Crippen LogP contribution in [-0.4, -0.2) is 3.21 Å². The minimum absolute atomic E-state index is 1.05. The van der Waals surface area contributed by atoms with Crippen LogP contribution in [0.4, 0.5) is 0 Å². The summed E-state index contributed by atoms with van der Waals surface area (Å²) in [6.45, 7) is 8.68. The summed E-state index contributed by atoms with van der Waals surface area (Å²) in [5, 5.41) is 5.54. The van der Waals surface area contributed by atoms with Crippen molar-refractivity contribution in [2.24, 2.45) is 0 Å². The van der Waals surface area contributed by atoms with Gasteiger partial charge >= 0.3 is 99.2 Å². The van der Waals surface area contributed by atoms with Gasteiger partial charge in [-0.25, -0.2) is 11.6 Å². The number of benzene rings is 4. The molecular formula is C37H36Zr. The van der Waals surface area contributed by atoms with Crippen LogP contribution in [0.5, 0.6) is 0 Å². The quantitative estimate of drug-likeness (QED) is 0.188. The van der Waals surface area contributed by atoms with Gasteiger partial charge in [0.15, 0.2) is 0 Å². The molecule has 0 aliphatic heterocycles. The zero-order chi connectivity index (χ0) is 26.9. The van der Waals surface area contributed by atoms with Crippen LogP contribution >= 0.6 is 0 Å². The van der Waals surface area contributed by atoms with E-state index in [0.29, 0.717) is 0 Å². The summed E-state index contributed by atoms with van der Waals surface area (Å²) in [7, 11) is 0. The Hall–Kier alpha value is -3.02. The molecule has 0 N–H and O–H groups in total. The van der Waals surface area contributed by atoms with Crippen molar-refractivity contribution in [3.63, 3.8) is 0 Å². The first kappa shape index (κ1) is 28.0. The van der Waals surface area contributed by atoms with Gasteiger partial charge in [-0.3, -0.25) is 6.08 Å². The van der Waals surface area contributed by atoms with Crippen LogP contribution in [-0.2, 0) is 37.1 Å². The summed E-state index contributed by atoms with van der Waals surface area (Å²) in [4.78, 5) is 0. The van der Waals surface area contributed by atoms with Crippen molar-refractivity contribution in [1.82, 2.24) is 0 Å². The van der Waals surface area contributed by atoms with Crippen LogP contribution in [0.2, 0.25) is 0 Å². The molecule has 5 aromatic carbocycles. The third-order valence-electron chi connectivity index (χ3n) is 7.13. The first-order chi connectivity index (χ1) is 18.5. The van der Waals surface area contributed by atoms with Crippen LogP contribution in [0, 0.1) is 6.08 Å². The van der Waals surface area contributed by atoms with Gasteiger partial charge in [-0.2, -0.15) is 5.57 Å². The molecule has 0 radical (unpaired) electrons. The van der Waals surface area contributed by atoms with Gasteiger partial charge in [0.2, 0.25) is 0 Å². The zero-order valence-electron chi connectivity index (χ0n) is 23.0. The van der Waals surface area contributed by atoms with E-state index in [-0.39, 0.29) is 0 Å². The molecule has 0 bridgehead atoms. The summed E-state index contributed by atoms with van der Waals surface area (Å²) < 4.78 is 1.42. The predicted molar refractivity (Wildman–Crippen MR) is 163 cm³/mol. The van der Waals surface area contributed by atoms with Crippen LogP contribution < -0.4 is 0 Å². The Balaban J connectivity index is 0.000000144. The van der Waals surface area contributed by atoms with Gasteiger partial charge in [0.05, 0.1) is 0 Å². The number of hydrogen-bond acceptors (Lipinski definition) is 0. The number of rotatable bonds is 4. The van der Waals surface area contributed by atoms with Gasteiger partial charge in [-0.05, 0) is 12.8 Å². The molecule has 1 heteroatoms. The molecule has 0 amide bonds. The minimum atomic E-state index is 1.05. The van der Waals surface area contributed by atoms with E-state index in [4.69, 9.17) is 0 Å². The average Bonchev–Trinajstić information content (AvgIpc) is 3.54. The number of fused-ring (bicyclic) bond motifs is 3. The van der Waals surface area contributed by atoms with Gasteiger partial charge < -0.3 is 0 Å². The standard InChI is InChI=1S/C17H17.C13H10.C7H9.Zr/c1-3-12-5-7-16-14(9-12)11-15-10-13(4-2)6-8-17(15)16;1-3-7-12(8-4-1)11-13-9-5-2-6-10-13;1-6-4-3-5-7(6)2;/h5-11H,3-4H2,1-2H3;1-10H;4H,5H2,1-2H3;/q-1;;-1;+2. The van der Waals surface area contributed by atoms with Crippen LogP contribution in [0.3, 0.4) is 0 Å². The first-order valence-corrected chi connectivity index (χ1v) is 14.8. The molecule has 0 saturated carbocycles. The van der Waals surface area contributed by atoms with E-state index < -0.39 is 0 Å².